The van der Waals surface area contributed by atoms with E-state index in [4.69, 9.17) is 0 Å². The second-order valence-electron chi connectivity index (χ2n) is 11.2. The molecule has 6 aromatic rings. The Labute approximate surface area is 236 Å². The van der Waals surface area contributed by atoms with E-state index in [0.717, 1.165) is 79.9 Å². The minimum atomic E-state index is 0.335. The number of fused-ring (bicyclic) bond motifs is 4. The van der Waals surface area contributed by atoms with Gasteiger partial charge in [-0.15, -0.1) is 0 Å². The molecule has 0 fully saturated rings. The van der Waals surface area contributed by atoms with Gasteiger partial charge in [0.2, 0.25) is 0 Å². The fourth-order valence-electron chi connectivity index (χ4n) is 6.41. The standard InChI is InChI=1S/C38H38O2/c1-3-5-7-13-25-19-21-31-33(23-25)35(27-15-9-11-17-29(27)37(31)39)36-28-16-10-12-18-30(28)38(40)32-22-20-26(24-34(32)36)14-8-6-4-2/h9-12,15-24,39-40H,3-8,13-14H2,1-2H3. The van der Waals surface area contributed by atoms with Crippen LogP contribution in [0.4, 0.5) is 0 Å². The van der Waals surface area contributed by atoms with Crippen molar-refractivity contribution < 1.29 is 10.2 Å². The number of unbranched alkanes of at least 4 members (excludes halogenated alkanes) is 4. The van der Waals surface area contributed by atoms with Crippen LogP contribution in [0.1, 0.15) is 63.5 Å². The van der Waals surface area contributed by atoms with Crippen LogP contribution in [-0.2, 0) is 12.8 Å². The lowest BCUT2D eigenvalue weighted by atomic mass is 9.84. The van der Waals surface area contributed by atoms with Crippen LogP contribution in [0.2, 0.25) is 0 Å². The van der Waals surface area contributed by atoms with Gasteiger partial charge in [-0.25, -0.2) is 0 Å². The van der Waals surface area contributed by atoms with Crippen molar-refractivity contribution in [2.45, 2.75) is 65.2 Å². The van der Waals surface area contributed by atoms with Gasteiger partial charge in [0, 0.05) is 21.5 Å². The molecule has 0 heterocycles. The van der Waals surface area contributed by atoms with Crippen LogP contribution in [0, 0.1) is 0 Å². The van der Waals surface area contributed by atoms with Gasteiger partial charge in [0.1, 0.15) is 11.5 Å². The average molecular weight is 527 g/mol. The molecule has 0 saturated heterocycles. The van der Waals surface area contributed by atoms with Crippen molar-refractivity contribution in [3.05, 3.63) is 96.1 Å². The molecule has 2 heteroatoms. The highest BCUT2D eigenvalue weighted by Gasteiger charge is 2.21. The van der Waals surface area contributed by atoms with E-state index in [1.165, 1.54) is 36.8 Å². The van der Waals surface area contributed by atoms with E-state index in [-0.39, 0.29) is 0 Å². The summed E-state index contributed by atoms with van der Waals surface area (Å²) in [7, 11) is 0. The highest BCUT2D eigenvalue weighted by Crippen LogP contribution is 2.49. The van der Waals surface area contributed by atoms with Crippen LogP contribution in [0.3, 0.4) is 0 Å². The summed E-state index contributed by atoms with van der Waals surface area (Å²) in [4.78, 5) is 0. The second-order valence-corrected chi connectivity index (χ2v) is 11.2. The smallest absolute Gasteiger partial charge is 0.131 e. The first-order chi connectivity index (χ1) is 19.6. The van der Waals surface area contributed by atoms with Crippen molar-refractivity contribution in [2.24, 2.45) is 0 Å². The average Bonchev–Trinajstić information content (AvgIpc) is 2.99. The maximum absolute atomic E-state index is 11.5. The summed E-state index contributed by atoms with van der Waals surface area (Å²) >= 11 is 0. The highest BCUT2D eigenvalue weighted by molar-refractivity contribution is 6.26. The summed E-state index contributed by atoms with van der Waals surface area (Å²) in [6.07, 6.45) is 9.16. The molecule has 0 aliphatic rings. The molecule has 0 aromatic heterocycles. The number of phenols is 2. The van der Waals surface area contributed by atoms with Crippen LogP contribution in [0.15, 0.2) is 84.9 Å². The third-order valence-corrected chi connectivity index (χ3v) is 8.51. The predicted molar refractivity (Wildman–Crippen MR) is 172 cm³/mol. The van der Waals surface area contributed by atoms with Gasteiger partial charge in [-0.1, -0.05) is 124 Å². The zero-order valence-corrected chi connectivity index (χ0v) is 23.6. The zero-order valence-electron chi connectivity index (χ0n) is 23.6. The van der Waals surface area contributed by atoms with Crippen molar-refractivity contribution in [1.29, 1.82) is 0 Å². The number of aromatic hydroxyl groups is 2. The fraction of sp³-hybridized carbons (Fsp3) is 0.263. The van der Waals surface area contributed by atoms with E-state index in [1.807, 2.05) is 24.3 Å². The fourth-order valence-corrected chi connectivity index (χ4v) is 6.41. The Morgan fingerprint density at radius 3 is 1.20 bits per heavy atom. The van der Waals surface area contributed by atoms with E-state index >= 15 is 0 Å². The molecule has 0 aliphatic heterocycles. The molecule has 6 aromatic carbocycles. The van der Waals surface area contributed by atoms with Gasteiger partial charge in [-0.05, 0) is 69.5 Å². The highest BCUT2D eigenvalue weighted by atomic mass is 16.3. The van der Waals surface area contributed by atoms with Gasteiger partial charge in [0.25, 0.3) is 0 Å². The molecule has 40 heavy (non-hydrogen) atoms. The van der Waals surface area contributed by atoms with E-state index in [9.17, 15) is 10.2 Å². The summed E-state index contributed by atoms with van der Waals surface area (Å²) in [6, 6.07) is 29.6. The number of rotatable bonds is 9. The molecular formula is C38H38O2. The minimum Gasteiger partial charge on any atom is -0.507 e. The molecule has 2 N–H and O–H groups in total. The van der Waals surface area contributed by atoms with Crippen LogP contribution < -0.4 is 0 Å². The van der Waals surface area contributed by atoms with Gasteiger partial charge in [0.05, 0.1) is 0 Å². The van der Waals surface area contributed by atoms with E-state index < -0.39 is 0 Å². The number of hydrogen-bond donors (Lipinski definition) is 2. The van der Waals surface area contributed by atoms with E-state index in [0.29, 0.717) is 11.5 Å². The maximum atomic E-state index is 11.5. The first-order valence-electron chi connectivity index (χ1n) is 14.9. The van der Waals surface area contributed by atoms with E-state index in [2.05, 4.69) is 74.5 Å². The largest absolute Gasteiger partial charge is 0.507 e. The van der Waals surface area contributed by atoms with Gasteiger partial charge in [-0.2, -0.15) is 0 Å². The van der Waals surface area contributed by atoms with Crippen LogP contribution >= 0.6 is 0 Å². The maximum Gasteiger partial charge on any atom is 0.131 e. The van der Waals surface area contributed by atoms with Crippen molar-refractivity contribution >= 4 is 43.1 Å². The van der Waals surface area contributed by atoms with Crippen molar-refractivity contribution in [1.82, 2.24) is 0 Å². The van der Waals surface area contributed by atoms with Gasteiger partial charge >= 0.3 is 0 Å². The van der Waals surface area contributed by atoms with Crippen molar-refractivity contribution in [3.63, 3.8) is 0 Å². The zero-order chi connectivity index (χ0) is 27.6. The summed E-state index contributed by atoms with van der Waals surface area (Å²) < 4.78 is 0. The topological polar surface area (TPSA) is 40.5 Å². The van der Waals surface area contributed by atoms with E-state index in [1.54, 1.807) is 0 Å². The summed E-state index contributed by atoms with van der Waals surface area (Å²) in [6.45, 7) is 4.47. The number of hydrogen-bond acceptors (Lipinski definition) is 2. The quantitative estimate of drug-likeness (QED) is 0.145. The monoisotopic (exact) mass is 526 g/mol. The lowest BCUT2D eigenvalue weighted by Gasteiger charge is -2.20. The molecule has 0 bridgehead atoms. The molecule has 0 saturated carbocycles. The molecule has 2 nitrogen and oxygen atoms in total. The molecule has 0 unspecified atom stereocenters. The predicted octanol–water partition coefficient (Wildman–Crippen LogP) is 10.8. The summed E-state index contributed by atoms with van der Waals surface area (Å²) in [5.41, 5.74) is 4.86. The lowest BCUT2D eigenvalue weighted by molar-refractivity contribution is 0.487. The molecule has 0 radical (unpaired) electrons. The normalized spacial score (nSPS) is 11.8. The molecule has 0 spiro atoms. The van der Waals surface area contributed by atoms with Crippen LogP contribution in [0.25, 0.3) is 54.2 Å². The third-order valence-electron chi connectivity index (χ3n) is 8.51. The summed E-state index contributed by atoms with van der Waals surface area (Å²) in [5, 5.41) is 30.6. The Morgan fingerprint density at radius 1 is 0.425 bits per heavy atom. The molecule has 6 rings (SSSR count). The third kappa shape index (κ3) is 4.56. The molecular weight excluding hydrogens is 488 g/mol. The van der Waals surface area contributed by atoms with Crippen molar-refractivity contribution in [3.8, 4) is 22.6 Å². The Hall–Kier alpha value is -4.04. The minimum absolute atomic E-state index is 0.335. The van der Waals surface area contributed by atoms with Crippen molar-refractivity contribution in [2.75, 3.05) is 0 Å². The number of phenolic OH excluding ortho intramolecular Hbond substituents is 2. The molecule has 0 aliphatic carbocycles. The Bertz CT molecular complexity index is 1710. The van der Waals surface area contributed by atoms with Crippen LogP contribution in [0.5, 0.6) is 11.5 Å². The van der Waals surface area contributed by atoms with Gasteiger partial charge in [-0.3, -0.25) is 0 Å². The summed E-state index contributed by atoms with van der Waals surface area (Å²) in [5.74, 6) is 0.671. The second kappa shape index (κ2) is 11.2. The Morgan fingerprint density at radius 2 is 0.800 bits per heavy atom. The molecule has 0 atom stereocenters. The molecule has 202 valence electrons. The Balaban J connectivity index is 1.75. The SMILES string of the molecule is CCCCCc1ccc2c(O)c3ccccc3c(-c3c4ccccc4c(O)c4ccc(CCCCC)cc34)c2c1. The number of aryl methyl sites for hydroxylation is 2. The first kappa shape index (κ1) is 26.2. The van der Waals surface area contributed by atoms with Gasteiger partial charge < -0.3 is 10.2 Å². The van der Waals surface area contributed by atoms with Gasteiger partial charge in [0.15, 0.2) is 0 Å². The molecule has 0 amide bonds. The lowest BCUT2D eigenvalue weighted by Crippen LogP contribution is -1.94. The van der Waals surface area contributed by atoms with Crippen LogP contribution in [-0.4, -0.2) is 10.2 Å². The Kier molecular flexibility index (Phi) is 7.34. The first-order valence-corrected chi connectivity index (χ1v) is 14.9. The number of benzene rings is 6.